The molecular weight excluding hydrogens is 430 g/mol. The number of benzene rings is 3. The molecule has 1 aliphatic heterocycles. The summed E-state index contributed by atoms with van der Waals surface area (Å²) in [6, 6.07) is 20.3. The third-order valence-electron chi connectivity index (χ3n) is 4.64. The van der Waals surface area contributed by atoms with Gasteiger partial charge in [-0.1, -0.05) is 36.4 Å². The Morgan fingerprint density at radius 1 is 0.969 bits per heavy atom. The summed E-state index contributed by atoms with van der Waals surface area (Å²) in [7, 11) is 0. The number of hydrogen-bond donors (Lipinski definition) is 2. The lowest BCUT2D eigenvalue weighted by Gasteiger charge is -2.13. The number of thioether (sulfide) groups is 1. The summed E-state index contributed by atoms with van der Waals surface area (Å²) in [5.41, 5.74) is 0.831. The predicted octanol–water partition coefficient (Wildman–Crippen LogP) is 5.12. The highest BCUT2D eigenvalue weighted by Crippen LogP contribution is 2.34. The van der Waals surface area contributed by atoms with E-state index in [2.05, 4.69) is 0 Å². The Hall–Kier alpha value is -4.04. The molecule has 0 spiro atoms. The molecule has 0 aromatic heterocycles. The molecule has 0 bridgehead atoms. The summed E-state index contributed by atoms with van der Waals surface area (Å²) in [5, 5.41) is 18.4. The van der Waals surface area contributed by atoms with E-state index >= 15 is 0 Å². The number of nitrogens with zero attached hydrogens (tertiary/aromatic N) is 1. The highest BCUT2D eigenvalue weighted by Gasteiger charge is 2.35. The molecule has 32 heavy (non-hydrogen) atoms. The van der Waals surface area contributed by atoms with Crippen molar-refractivity contribution < 1.29 is 29.3 Å². The van der Waals surface area contributed by atoms with Crippen molar-refractivity contribution in [1.82, 2.24) is 4.90 Å². The smallest absolute Gasteiger partial charge is 0.339 e. The Morgan fingerprint density at radius 3 is 2.47 bits per heavy atom. The van der Waals surface area contributed by atoms with Crippen molar-refractivity contribution in [3.63, 3.8) is 0 Å². The van der Waals surface area contributed by atoms with Gasteiger partial charge >= 0.3 is 5.97 Å². The Labute approximate surface area is 187 Å². The predicted molar refractivity (Wildman–Crippen MR) is 120 cm³/mol. The van der Waals surface area contributed by atoms with Gasteiger partial charge in [0, 0.05) is 0 Å². The lowest BCUT2D eigenvalue weighted by Crippen LogP contribution is -2.27. The molecule has 3 aromatic rings. The van der Waals surface area contributed by atoms with Gasteiger partial charge in [0.15, 0.2) is 0 Å². The van der Waals surface area contributed by atoms with Crippen LogP contribution in [0.2, 0.25) is 0 Å². The normalized spacial score (nSPS) is 14.8. The van der Waals surface area contributed by atoms with E-state index in [4.69, 9.17) is 9.84 Å². The van der Waals surface area contributed by atoms with E-state index < -0.39 is 17.1 Å². The molecule has 7 nitrogen and oxygen atoms in total. The van der Waals surface area contributed by atoms with Crippen LogP contribution in [-0.4, -0.2) is 32.2 Å². The SMILES string of the molecule is O=C(O)c1cc(C=C2SC(=O)N(Cc3cccc(Oc4ccccc4)c3)C2=O)ccc1O. The van der Waals surface area contributed by atoms with Gasteiger partial charge in [-0.25, -0.2) is 4.79 Å². The zero-order valence-electron chi connectivity index (χ0n) is 16.6. The van der Waals surface area contributed by atoms with Gasteiger partial charge in [-0.05, 0) is 65.4 Å². The number of aromatic carboxylic acids is 1. The van der Waals surface area contributed by atoms with Gasteiger partial charge in [0.05, 0.1) is 11.4 Å². The molecule has 1 fully saturated rings. The second-order valence-electron chi connectivity index (χ2n) is 6.91. The first kappa shape index (κ1) is 21.2. The molecule has 4 rings (SSSR count). The van der Waals surface area contributed by atoms with Crippen LogP contribution in [0.3, 0.4) is 0 Å². The molecule has 1 saturated heterocycles. The molecule has 2 amide bonds. The number of carbonyl (C=O) groups is 3. The van der Waals surface area contributed by atoms with Gasteiger partial charge in [0.2, 0.25) is 0 Å². The zero-order valence-corrected chi connectivity index (χ0v) is 17.4. The van der Waals surface area contributed by atoms with Crippen molar-refractivity contribution in [2.75, 3.05) is 0 Å². The first-order valence-electron chi connectivity index (χ1n) is 9.54. The largest absolute Gasteiger partial charge is 0.507 e. The van der Waals surface area contributed by atoms with Crippen molar-refractivity contribution in [3.8, 4) is 17.2 Å². The minimum Gasteiger partial charge on any atom is -0.507 e. The molecule has 1 heterocycles. The van der Waals surface area contributed by atoms with E-state index in [0.29, 0.717) is 17.1 Å². The van der Waals surface area contributed by atoms with E-state index in [1.165, 1.54) is 24.3 Å². The molecule has 160 valence electrons. The maximum atomic E-state index is 12.8. The molecule has 1 aliphatic rings. The van der Waals surface area contributed by atoms with E-state index in [1.54, 1.807) is 24.3 Å². The topological polar surface area (TPSA) is 104 Å². The average Bonchev–Trinajstić information content (AvgIpc) is 3.03. The second-order valence-corrected chi connectivity index (χ2v) is 7.91. The number of hydrogen-bond acceptors (Lipinski definition) is 6. The summed E-state index contributed by atoms with van der Waals surface area (Å²) in [5.74, 6) is -0.877. The Bertz CT molecular complexity index is 1240. The van der Waals surface area contributed by atoms with Gasteiger partial charge < -0.3 is 14.9 Å². The average molecular weight is 447 g/mol. The Balaban J connectivity index is 1.51. The number of amides is 2. The standard InChI is InChI=1S/C24H17NO6S/c26-20-10-9-15(12-19(20)23(28)29)13-21-22(27)25(24(30)32-21)14-16-5-4-8-18(11-16)31-17-6-2-1-3-7-17/h1-13,26H,14H2,(H,28,29). The van der Waals surface area contributed by atoms with Crippen LogP contribution in [0.15, 0.2) is 77.7 Å². The Kier molecular flexibility index (Phi) is 5.96. The summed E-state index contributed by atoms with van der Waals surface area (Å²) < 4.78 is 5.80. The fraction of sp³-hybridized carbons (Fsp3) is 0.0417. The molecule has 8 heteroatoms. The summed E-state index contributed by atoms with van der Waals surface area (Å²) in [6.07, 6.45) is 1.44. The number of ether oxygens (including phenoxy) is 1. The highest BCUT2D eigenvalue weighted by atomic mass is 32.2. The van der Waals surface area contributed by atoms with E-state index in [1.807, 2.05) is 30.3 Å². The number of carboxylic acid groups (broad SMARTS) is 1. The maximum Gasteiger partial charge on any atom is 0.339 e. The quantitative estimate of drug-likeness (QED) is 0.506. The summed E-state index contributed by atoms with van der Waals surface area (Å²) in [4.78, 5) is 37.8. The lowest BCUT2D eigenvalue weighted by atomic mass is 10.1. The molecule has 0 radical (unpaired) electrons. The Morgan fingerprint density at radius 2 is 1.72 bits per heavy atom. The van der Waals surface area contributed by atoms with E-state index in [-0.39, 0.29) is 22.8 Å². The molecule has 2 N–H and O–H groups in total. The van der Waals surface area contributed by atoms with Crippen LogP contribution in [0.5, 0.6) is 17.2 Å². The monoisotopic (exact) mass is 447 g/mol. The van der Waals surface area contributed by atoms with Crippen LogP contribution >= 0.6 is 11.8 Å². The number of carbonyl (C=O) groups excluding carboxylic acids is 2. The van der Waals surface area contributed by atoms with E-state index in [0.717, 1.165) is 22.2 Å². The first-order valence-corrected chi connectivity index (χ1v) is 10.4. The van der Waals surface area contributed by atoms with Gasteiger partial charge in [-0.15, -0.1) is 0 Å². The number of phenols is 1. The number of rotatable bonds is 6. The van der Waals surface area contributed by atoms with Crippen molar-refractivity contribution >= 4 is 35.0 Å². The number of carboxylic acids is 1. The van der Waals surface area contributed by atoms with Gasteiger partial charge in [-0.2, -0.15) is 0 Å². The zero-order chi connectivity index (χ0) is 22.7. The van der Waals surface area contributed by atoms with Crippen molar-refractivity contribution in [1.29, 1.82) is 0 Å². The van der Waals surface area contributed by atoms with Gasteiger partial charge in [0.25, 0.3) is 11.1 Å². The number of imide groups is 1. The number of aromatic hydroxyl groups is 1. The van der Waals surface area contributed by atoms with Crippen molar-refractivity contribution in [3.05, 3.63) is 94.4 Å². The van der Waals surface area contributed by atoms with E-state index in [9.17, 15) is 19.5 Å². The molecule has 3 aromatic carbocycles. The third kappa shape index (κ3) is 4.65. The summed E-state index contributed by atoms with van der Waals surface area (Å²) in [6.45, 7) is 0.0734. The van der Waals surface area contributed by atoms with Crippen LogP contribution in [0.25, 0.3) is 6.08 Å². The molecule has 0 atom stereocenters. The first-order chi connectivity index (χ1) is 15.4. The van der Waals surface area contributed by atoms with Crippen LogP contribution in [0, 0.1) is 0 Å². The molecule has 0 unspecified atom stereocenters. The van der Waals surface area contributed by atoms with Crippen LogP contribution in [-0.2, 0) is 11.3 Å². The minimum absolute atomic E-state index is 0.0734. The molecular formula is C24H17NO6S. The molecule has 0 aliphatic carbocycles. The summed E-state index contributed by atoms with van der Waals surface area (Å²) >= 11 is 0.779. The maximum absolute atomic E-state index is 12.8. The lowest BCUT2D eigenvalue weighted by molar-refractivity contribution is -0.123. The van der Waals surface area contributed by atoms with Gasteiger partial charge in [-0.3, -0.25) is 14.5 Å². The third-order valence-corrected chi connectivity index (χ3v) is 5.55. The molecule has 0 saturated carbocycles. The fourth-order valence-electron chi connectivity index (χ4n) is 3.12. The van der Waals surface area contributed by atoms with Gasteiger partial charge in [0.1, 0.15) is 22.8 Å². The minimum atomic E-state index is -1.29. The number of para-hydroxylation sites is 1. The van der Waals surface area contributed by atoms with Crippen molar-refractivity contribution in [2.24, 2.45) is 0 Å². The fourth-order valence-corrected chi connectivity index (χ4v) is 3.96. The highest BCUT2D eigenvalue weighted by molar-refractivity contribution is 8.18. The van der Waals surface area contributed by atoms with Crippen molar-refractivity contribution in [2.45, 2.75) is 6.54 Å². The van der Waals surface area contributed by atoms with Crippen LogP contribution in [0.1, 0.15) is 21.5 Å². The second kappa shape index (κ2) is 8.99. The van der Waals surface area contributed by atoms with Crippen LogP contribution in [0.4, 0.5) is 4.79 Å². The van der Waals surface area contributed by atoms with Crippen LogP contribution < -0.4 is 4.74 Å².